The van der Waals surface area contributed by atoms with Gasteiger partial charge in [0.15, 0.2) is 0 Å². The summed E-state index contributed by atoms with van der Waals surface area (Å²) in [7, 11) is 0. The lowest BCUT2D eigenvalue weighted by atomic mass is 9.94. The van der Waals surface area contributed by atoms with Crippen molar-refractivity contribution >= 4 is 11.8 Å². The third kappa shape index (κ3) is 8.74. The molecule has 0 saturated carbocycles. The number of rotatable bonds is 16. The number of aromatic nitrogens is 4. The molecule has 184 valence electrons. The number of nitrogens with zero attached hydrogens (tertiary/aromatic N) is 2. The number of aromatic amines is 2. The van der Waals surface area contributed by atoms with Gasteiger partial charge in [0, 0.05) is 35.6 Å². The van der Waals surface area contributed by atoms with Gasteiger partial charge in [-0.2, -0.15) is 11.8 Å². The molecular weight excluding hydrogens is 448 g/mol. The third-order valence-corrected chi connectivity index (χ3v) is 7.91. The molecule has 0 fully saturated rings. The average molecular weight is 487 g/mol. The molecule has 4 rings (SSSR count). The Morgan fingerprint density at radius 2 is 1.06 bits per heavy atom. The molecule has 0 aliphatic heterocycles. The second kappa shape index (κ2) is 14.6. The minimum absolute atomic E-state index is 0.558. The Labute approximate surface area is 214 Å². The third-order valence-electron chi connectivity index (χ3n) is 6.86. The van der Waals surface area contributed by atoms with Crippen molar-refractivity contribution in [1.29, 1.82) is 0 Å². The second-order valence-electron chi connectivity index (χ2n) is 9.35. The molecule has 2 heterocycles. The number of hydrogen-bond donors (Lipinski definition) is 2. The molecule has 2 unspecified atom stereocenters. The fraction of sp³-hybridized carbons (Fsp3) is 0.400. The van der Waals surface area contributed by atoms with E-state index in [2.05, 4.69) is 92.4 Å². The Bertz CT molecular complexity index is 947. The number of H-pyrrole nitrogens is 2. The van der Waals surface area contributed by atoms with Gasteiger partial charge in [0.05, 0.1) is 12.7 Å². The van der Waals surface area contributed by atoms with Crippen LogP contribution >= 0.6 is 11.8 Å². The number of aryl methyl sites for hydroxylation is 2. The summed E-state index contributed by atoms with van der Waals surface area (Å²) in [6.45, 7) is 0. The van der Waals surface area contributed by atoms with Crippen LogP contribution in [0.1, 0.15) is 72.9 Å². The molecule has 5 heteroatoms. The largest absolute Gasteiger partial charge is 0.348 e. The van der Waals surface area contributed by atoms with Crippen LogP contribution in [0, 0.1) is 0 Å². The van der Waals surface area contributed by atoms with Crippen LogP contribution in [0.2, 0.25) is 0 Å². The Hall–Kier alpha value is -2.79. The molecule has 0 bridgehead atoms. The van der Waals surface area contributed by atoms with Crippen molar-refractivity contribution in [3.63, 3.8) is 0 Å². The lowest BCUT2D eigenvalue weighted by molar-refractivity contribution is 0.564. The summed E-state index contributed by atoms with van der Waals surface area (Å²) in [6.07, 6.45) is 17.2. The molecule has 0 aliphatic carbocycles. The lowest BCUT2D eigenvalue weighted by Gasteiger charge is -2.17. The average Bonchev–Trinajstić information content (AvgIpc) is 3.63. The molecule has 0 radical (unpaired) electrons. The van der Waals surface area contributed by atoms with Crippen LogP contribution in [0.25, 0.3) is 0 Å². The van der Waals surface area contributed by atoms with E-state index in [1.165, 1.54) is 72.5 Å². The van der Waals surface area contributed by atoms with E-state index in [1.54, 1.807) is 0 Å². The first-order valence-corrected chi connectivity index (χ1v) is 14.2. The van der Waals surface area contributed by atoms with Gasteiger partial charge in [-0.05, 0) is 74.0 Å². The van der Waals surface area contributed by atoms with Crippen molar-refractivity contribution in [2.45, 2.75) is 63.2 Å². The highest BCUT2D eigenvalue weighted by atomic mass is 32.2. The molecule has 35 heavy (non-hydrogen) atoms. The van der Waals surface area contributed by atoms with Crippen molar-refractivity contribution in [3.8, 4) is 0 Å². The molecule has 0 aliphatic rings. The number of hydrogen-bond acceptors (Lipinski definition) is 3. The summed E-state index contributed by atoms with van der Waals surface area (Å²) in [4.78, 5) is 15.3. The monoisotopic (exact) mass is 486 g/mol. The lowest BCUT2D eigenvalue weighted by Crippen LogP contribution is -2.05. The van der Waals surface area contributed by atoms with Gasteiger partial charge in [-0.1, -0.05) is 60.7 Å². The summed E-state index contributed by atoms with van der Waals surface area (Å²) >= 11 is 2.10. The van der Waals surface area contributed by atoms with Gasteiger partial charge < -0.3 is 9.97 Å². The maximum Gasteiger partial charge on any atom is 0.0921 e. The molecular formula is C30H38N4S. The Morgan fingerprint density at radius 1 is 0.600 bits per heavy atom. The molecule has 4 nitrogen and oxygen atoms in total. The standard InChI is InChI=1S/C30H38N4S/c1-3-9-25(10-4-1)13-7-15-27(29-21-31-23-33-29)17-19-35-20-18-28(30-22-32-24-34-30)16-8-14-26-11-5-2-6-12-26/h1-6,9-12,21-24,27-28H,7-8,13-20H2,(H,31,33)(H,32,34). The van der Waals surface area contributed by atoms with Crippen molar-refractivity contribution in [2.75, 3.05) is 11.5 Å². The fourth-order valence-corrected chi connectivity index (χ4v) is 5.94. The summed E-state index contributed by atoms with van der Waals surface area (Å²) < 4.78 is 0. The molecule has 2 atom stereocenters. The van der Waals surface area contributed by atoms with E-state index < -0.39 is 0 Å². The van der Waals surface area contributed by atoms with Gasteiger partial charge >= 0.3 is 0 Å². The Morgan fingerprint density at radius 3 is 1.46 bits per heavy atom. The predicted octanol–water partition coefficient (Wildman–Crippen LogP) is 7.56. The molecule has 4 aromatic rings. The van der Waals surface area contributed by atoms with Crippen molar-refractivity contribution < 1.29 is 0 Å². The zero-order valence-corrected chi connectivity index (χ0v) is 21.4. The van der Waals surface area contributed by atoms with E-state index in [1.807, 2.05) is 25.0 Å². The first-order chi connectivity index (χ1) is 17.4. The van der Waals surface area contributed by atoms with E-state index in [9.17, 15) is 0 Å². The van der Waals surface area contributed by atoms with Crippen molar-refractivity contribution in [3.05, 3.63) is 108 Å². The van der Waals surface area contributed by atoms with E-state index in [4.69, 9.17) is 0 Å². The van der Waals surface area contributed by atoms with E-state index in [-0.39, 0.29) is 0 Å². The van der Waals surface area contributed by atoms with Crippen LogP contribution in [-0.4, -0.2) is 31.4 Å². The van der Waals surface area contributed by atoms with Gasteiger partial charge in [-0.25, -0.2) is 9.97 Å². The quantitative estimate of drug-likeness (QED) is 0.161. The Kier molecular flexibility index (Phi) is 10.5. The molecule has 0 saturated heterocycles. The number of nitrogens with one attached hydrogen (secondary N) is 2. The minimum atomic E-state index is 0.558. The predicted molar refractivity (Wildman–Crippen MR) is 148 cm³/mol. The van der Waals surface area contributed by atoms with Gasteiger partial charge in [-0.3, -0.25) is 0 Å². The smallest absolute Gasteiger partial charge is 0.0921 e. The van der Waals surface area contributed by atoms with Gasteiger partial charge in [-0.15, -0.1) is 0 Å². The zero-order valence-electron chi connectivity index (χ0n) is 20.6. The maximum absolute atomic E-state index is 4.28. The number of benzene rings is 2. The second-order valence-corrected chi connectivity index (χ2v) is 10.6. The first-order valence-electron chi connectivity index (χ1n) is 13.0. The topological polar surface area (TPSA) is 57.4 Å². The fourth-order valence-electron chi connectivity index (χ4n) is 4.84. The van der Waals surface area contributed by atoms with Gasteiger partial charge in [0.1, 0.15) is 0 Å². The highest BCUT2D eigenvalue weighted by Gasteiger charge is 2.15. The van der Waals surface area contributed by atoms with E-state index in [0.29, 0.717) is 11.8 Å². The summed E-state index contributed by atoms with van der Waals surface area (Å²) in [5.74, 6) is 3.50. The molecule has 2 N–H and O–H groups in total. The molecule has 0 spiro atoms. The summed E-state index contributed by atoms with van der Waals surface area (Å²) in [6, 6.07) is 21.7. The SMILES string of the molecule is c1ccc(CCCC(CCSCCC(CCCc2ccccc2)c2cnc[nH]2)c2cnc[nH]2)cc1. The van der Waals surface area contributed by atoms with Crippen LogP contribution < -0.4 is 0 Å². The van der Waals surface area contributed by atoms with Crippen LogP contribution in [-0.2, 0) is 12.8 Å². The van der Waals surface area contributed by atoms with Crippen LogP contribution in [0.15, 0.2) is 85.7 Å². The highest BCUT2D eigenvalue weighted by Crippen LogP contribution is 2.29. The van der Waals surface area contributed by atoms with Crippen LogP contribution in [0.3, 0.4) is 0 Å². The van der Waals surface area contributed by atoms with Gasteiger partial charge in [0.2, 0.25) is 0 Å². The van der Waals surface area contributed by atoms with Crippen molar-refractivity contribution in [2.24, 2.45) is 0 Å². The molecule has 0 amide bonds. The van der Waals surface area contributed by atoms with E-state index >= 15 is 0 Å². The minimum Gasteiger partial charge on any atom is -0.348 e. The highest BCUT2D eigenvalue weighted by molar-refractivity contribution is 7.99. The van der Waals surface area contributed by atoms with E-state index in [0.717, 1.165) is 12.8 Å². The first kappa shape index (κ1) is 25.3. The summed E-state index contributed by atoms with van der Waals surface area (Å²) in [5.41, 5.74) is 5.44. The molecule has 2 aromatic carbocycles. The molecule has 2 aromatic heterocycles. The van der Waals surface area contributed by atoms with Gasteiger partial charge in [0.25, 0.3) is 0 Å². The maximum atomic E-state index is 4.28. The van der Waals surface area contributed by atoms with Crippen LogP contribution in [0.4, 0.5) is 0 Å². The Balaban J connectivity index is 1.19. The zero-order chi connectivity index (χ0) is 24.0. The van der Waals surface area contributed by atoms with Crippen LogP contribution in [0.5, 0.6) is 0 Å². The normalized spacial score (nSPS) is 13.0. The van der Waals surface area contributed by atoms with Crippen molar-refractivity contribution in [1.82, 2.24) is 19.9 Å². The summed E-state index contributed by atoms with van der Waals surface area (Å²) in [5, 5.41) is 0. The number of imidazole rings is 2. The number of thioether (sulfide) groups is 1.